The first kappa shape index (κ1) is 74.0. The van der Waals surface area contributed by atoms with E-state index >= 15 is 4.79 Å². The molecule has 2 saturated heterocycles. The molecule has 0 spiro atoms. The van der Waals surface area contributed by atoms with Gasteiger partial charge in [-0.3, -0.25) is 28.8 Å². The van der Waals surface area contributed by atoms with Gasteiger partial charge in [0.25, 0.3) is 0 Å². The van der Waals surface area contributed by atoms with E-state index in [4.69, 9.17) is 42.3 Å². The van der Waals surface area contributed by atoms with Crippen molar-refractivity contribution in [2.45, 2.75) is 220 Å². The number of hydrogen-bond acceptors (Lipinski definition) is 22. The second-order valence-corrected chi connectivity index (χ2v) is 32.3. The van der Waals surface area contributed by atoms with Crippen LogP contribution in [0.25, 0.3) is 0 Å². The van der Waals surface area contributed by atoms with Gasteiger partial charge in [0.2, 0.25) is 8.32 Å². The third kappa shape index (κ3) is 11.5. The maximum absolute atomic E-state index is 15.7. The number of carbonyl (C=O) groups is 8. The molecule has 5 N–H and O–H groups in total. The summed E-state index contributed by atoms with van der Waals surface area (Å²) in [5, 5.41) is 61.7. The molecule has 95 heavy (non-hydrogen) atoms. The number of esters is 6. The maximum atomic E-state index is 15.7. The van der Waals surface area contributed by atoms with Crippen LogP contribution in [0.15, 0.2) is 113 Å². The van der Waals surface area contributed by atoms with Gasteiger partial charge in [-0.25, -0.2) is 9.59 Å². The molecule has 23 heteroatoms. The molecule has 2 aliphatic heterocycles. The lowest BCUT2D eigenvalue weighted by molar-refractivity contribution is -0.345. The highest BCUT2D eigenvalue weighted by Gasteiger charge is 2.81. The molecule has 2 unspecified atom stereocenters. The molecule has 4 bridgehead atoms. The van der Waals surface area contributed by atoms with Crippen molar-refractivity contribution >= 4 is 60.9 Å². The molecule has 6 fully saturated rings. The fraction of sp³-hybridized carbons (Fsp3) is 0.583. The number of aliphatic hydroxyl groups is 5. The van der Waals surface area contributed by atoms with Gasteiger partial charge < -0.3 is 67.9 Å². The van der Waals surface area contributed by atoms with Crippen LogP contribution in [-0.4, -0.2) is 178 Å². The van der Waals surface area contributed by atoms with E-state index in [0.29, 0.717) is 11.1 Å². The minimum atomic E-state index is -2.84. The molecule has 3 aromatic carbocycles. The van der Waals surface area contributed by atoms with Gasteiger partial charge >= 0.3 is 35.8 Å². The standard InChI is InChI=1S/C39H48O11Si.C31H38O11.2CH4/c1-22-27(42)20-39(45)34(48-35(44)25-15-11-9-12-16-25)32-37(6,33(43)31(47-23(2)40)30(22)36(39,4)5)28(19-29-38(32,21-46-29)49-24(3)41)50-51(7,8)26-17-13-10-14-18-26;1-15-19(34)13-31(38)26(41-27(37)18-10-8-7-9-11-18)24-29(6,20(35)12-21-30(24,14-39-21)42-17(3)33)25(36)23(40-16(2)32)22(15)28(31,4)5;;/h9-18,27-29,31-32,34,42,45H,19-21H2,1-8H3;7-11,19-21,23-24,26,34-35,38H,12-14H2,1-6H3;2*1H4/t27-,28-,29+,31+,32?,34-,37+,38-,39+;19-,20-,21+,23+,24?,26-,29+,30-,31+;;/m00../s1. The summed E-state index contributed by atoms with van der Waals surface area (Å²) < 4.78 is 55.4. The van der Waals surface area contributed by atoms with Gasteiger partial charge in [-0.1, -0.05) is 109 Å². The topological polar surface area (TPSA) is 321 Å². The molecule has 8 aliphatic rings. The predicted molar refractivity (Wildman–Crippen MR) is 345 cm³/mol. The van der Waals surface area contributed by atoms with Gasteiger partial charge in [0.1, 0.15) is 35.6 Å². The van der Waals surface area contributed by atoms with Crippen molar-refractivity contribution in [2.75, 3.05) is 13.2 Å². The van der Waals surface area contributed by atoms with Gasteiger partial charge in [-0.2, -0.15) is 0 Å². The van der Waals surface area contributed by atoms with E-state index < -0.39 is 173 Å². The Morgan fingerprint density at radius 3 is 1.23 bits per heavy atom. The Hall–Kier alpha value is -6.80. The normalized spacial score (nSPS) is 37.0. The summed E-state index contributed by atoms with van der Waals surface area (Å²) in [5.74, 6) is -8.47. The number of fused-ring (bicyclic) bond motifs is 10. The number of ether oxygens (including phenoxy) is 8. The van der Waals surface area contributed by atoms with E-state index in [1.165, 1.54) is 39.8 Å². The average molecular weight is 1340 g/mol. The molecule has 2 heterocycles. The number of Topliss-reactive ketones (excluding diaryl/α,β-unsaturated/α-hetero) is 2. The van der Waals surface area contributed by atoms with Crippen molar-refractivity contribution in [1.29, 1.82) is 0 Å². The van der Waals surface area contributed by atoms with Gasteiger partial charge in [0.05, 0.1) is 71.4 Å². The molecule has 18 atom stereocenters. The van der Waals surface area contributed by atoms with Crippen molar-refractivity contribution in [3.8, 4) is 0 Å². The van der Waals surface area contributed by atoms with Crippen LogP contribution in [0.4, 0.5) is 0 Å². The maximum Gasteiger partial charge on any atom is 0.338 e. The summed E-state index contributed by atoms with van der Waals surface area (Å²) in [4.78, 5) is 109. The largest absolute Gasteiger partial charge is 0.455 e. The lowest BCUT2D eigenvalue weighted by Crippen LogP contribution is -2.82. The Morgan fingerprint density at radius 2 is 0.874 bits per heavy atom. The van der Waals surface area contributed by atoms with Crippen LogP contribution in [0, 0.1) is 33.5 Å². The van der Waals surface area contributed by atoms with Gasteiger partial charge in [0.15, 0.2) is 35.0 Å². The number of rotatable bonds is 11. The van der Waals surface area contributed by atoms with Crippen LogP contribution in [0.1, 0.15) is 144 Å². The third-order valence-corrected chi connectivity index (χ3v) is 24.9. The first-order valence-electron chi connectivity index (χ1n) is 31.6. The minimum absolute atomic E-state index is 0. The zero-order valence-corrected chi connectivity index (χ0v) is 56.0. The summed E-state index contributed by atoms with van der Waals surface area (Å²) in [6, 6.07) is 26.0. The molecule has 4 saturated carbocycles. The van der Waals surface area contributed by atoms with Crippen LogP contribution >= 0.6 is 0 Å². The summed E-state index contributed by atoms with van der Waals surface area (Å²) in [6.45, 7) is 21.4. The Labute approximate surface area is 556 Å². The van der Waals surface area contributed by atoms with Crippen molar-refractivity contribution in [1.82, 2.24) is 0 Å². The molecule has 6 aliphatic carbocycles. The minimum Gasteiger partial charge on any atom is -0.455 e. The fourth-order valence-corrected chi connectivity index (χ4v) is 19.4. The first-order valence-corrected chi connectivity index (χ1v) is 34.5. The highest BCUT2D eigenvalue weighted by molar-refractivity contribution is 6.84. The van der Waals surface area contributed by atoms with E-state index in [1.807, 2.05) is 43.4 Å². The average Bonchev–Trinajstić information content (AvgIpc) is 0.676. The molecular weight excluding hydrogens is 1240 g/mol. The second-order valence-electron chi connectivity index (χ2n) is 28.5. The number of ketones is 2. The lowest BCUT2D eigenvalue weighted by Gasteiger charge is -2.68. The SMILES string of the molecule is C.C.CC(=O)O[C@H]1C(=O)[C@@]2(C)C([C@H](OC(=O)c3ccccc3)[C@]3(O)C[C@H](O)C(C)=C1C3(C)C)[C@]1(OC(C)=O)CO[C@@H]1C[C@@H]2O.CC(=O)O[C@H]1C(=O)[C@@]2(C)C([C@H](OC(=O)c3ccccc3)[C@]3(O)C[C@H](O)C(C)=C1C3(C)C)[C@]1(OC(C)=O)CO[C@@H]1C[C@@H]2O[Si](C)(C)c1ccccc1. The number of carbonyl (C=O) groups excluding carboxylic acids is 8. The van der Waals surface area contributed by atoms with Crippen LogP contribution < -0.4 is 5.19 Å². The van der Waals surface area contributed by atoms with E-state index in [9.17, 15) is 59.1 Å². The number of benzene rings is 3. The first-order chi connectivity index (χ1) is 43.3. The van der Waals surface area contributed by atoms with Gasteiger partial charge in [-0.05, 0) is 92.5 Å². The zero-order chi connectivity index (χ0) is 68.3. The quantitative estimate of drug-likeness (QED) is 0.0576. The molecular formula is C72H94O22Si. The molecule has 11 rings (SSSR count). The smallest absolute Gasteiger partial charge is 0.338 e. The predicted octanol–water partition coefficient (Wildman–Crippen LogP) is 6.71. The third-order valence-electron chi connectivity index (χ3n) is 22.3. The highest BCUT2D eigenvalue weighted by atomic mass is 28.4. The lowest BCUT2D eigenvalue weighted by atomic mass is 9.44. The second kappa shape index (κ2) is 25.9. The molecule has 22 nitrogen and oxygen atoms in total. The Bertz CT molecular complexity index is 3570. The summed E-state index contributed by atoms with van der Waals surface area (Å²) >= 11 is 0. The monoisotopic (exact) mass is 1340 g/mol. The van der Waals surface area contributed by atoms with E-state index in [-0.39, 0.29) is 76.0 Å². The van der Waals surface area contributed by atoms with Gasteiger partial charge in [-0.15, -0.1) is 0 Å². The van der Waals surface area contributed by atoms with Crippen LogP contribution in [0.2, 0.25) is 13.1 Å². The van der Waals surface area contributed by atoms with E-state index in [0.717, 1.165) is 12.1 Å². The number of aliphatic hydroxyl groups excluding tert-OH is 3. The van der Waals surface area contributed by atoms with E-state index in [1.54, 1.807) is 97.0 Å². The van der Waals surface area contributed by atoms with Crippen LogP contribution in [-0.2, 0) is 71.1 Å². The van der Waals surface area contributed by atoms with Crippen molar-refractivity contribution in [3.63, 3.8) is 0 Å². The Kier molecular flexibility index (Phi) is 20.2. The molecule has 518 valence electrons. The van der Waals surface area contributed by atoms with E-state index in [2.05, 4.69) is 0 Å². The zero-order valence-electron chi connectivity index (χ0n) is 55.0. The highest BCUT2D eigenvalue weighted by Crippen LogP contribution is 2.67. The Balaban J connectivity index is 0.000000243. The Morgan fingerprint density at radius 1 is 0.516 bits per heavy atom. The van der Waals surface area contributed by atoms with Crippen LogP contribution in [0.3, 0.4) is 0 Å². The van der Waals surface area contributed by atoms with Crippen molar-refractivity contribution in [2.24, 2.45) is 33.5 Å². The molecule has 0 radical (unpaired) electrons. The fourth-order valence-electron chi connectivity index (χ4n) is 17.2. The number of hydrogen-bond donors (Lipinski definition) is 5. The summed E-state index contributed by atoms with van der Waals surface area (Å²) in [6.07, 6.45) is -13.6. The summed E-state index contributed by atoms with van der Waals surface area (Å²) in [5.41, 5.74) is -12.4. The molecule has 3 aromatic rings. The molecule has 0 aromatic heterocycles. The molecule has 0 amide bonds. The van der Waals surface area contributed by atoms with Crippen LogP contribution in [0.5, 0.6) is 0 Å². The van der Waals surface area contributed by atoms with Gasteiger partial charge in [0, 0.05) is 64.2 Å². The summed E-state index contributed by atoms with van der Waals surface area (Å²) in [7, 11) is -2.84. The van der Waals surface area contributed by atoms with Crippen molar-refractivity contribution in [3.05, 3.63) is 124 Å². The van der Waals surface area contributed by atoms with Crippen molar-refractivity contribution < 1.29 is 106 Å².